The Kier molecular flexibility index (Phi) is 4.46. The molecule has 5 nitrogen and oxygen atoms in total. The molecule has 0 fully saturated rings. The number of hydrogen-bond donors (Lipinski definition) is 1. The number of thiophene rings is 1. The molecule has 2 aromatic rings. The van der Waals surface area contributed by atoms with Gasteiger partial charge in [-0.2, -0.15) is 4.31 Å². The molecule has 2 rings (SSSR count). The summed E-state index contributed by atoms with van der Waals surface area (Å²) in [7, 11) is -2.14. The Labute approximate surface area is 127 Å². The Morgan fingerprint density at radius 3 is 2.33 bits per heavy atom. The van der Waals surface area contributed by atoms with Gasteiger partial charge in [0.2, 0.25) is 10.0 Å². The number of carbonyl (C=O) groups is 1. The zero-order valence-corrected chi connectivity index (χ0v) is 13.2. The molecule has 0 saturated heterocycles. The lowest BCUT2D eigenvalue weighted by Crippen LogP contribution is -2.29. The highest BCUT2D eigenvalue weighted by atomic mass is 32.2. The number of carboxylic acid groups (broad SMARTS) is 1. The molecule has 21 heavy (non-hydrogen) atoms. The zero-order valence-electron chi connectivity index (χ0n) is 11.6. The van der Waals surface area contributed by atoms with Gasteiger partial charge in [0.15, 0.2) is 0 Å². The van der Waals surface area contributed by atoms with Crippen LogP contribution in [0.3, 0.4) is 0 Å². The monoisotopic (exact) mass is 325 g/mol. The molecule has 0 saturated carbocycles. The first-order valence-corrected chi connectivity index (χ1v) is 8.51. The molecule has 0 aliphatic heterocycles. The molecule has 0 bridgehead atoms. The van der Waals surface area contributed by atoms with E-state index >= 15 is 0 Å². The van der Waals surface area contributed by atoms with Crippen LogP contribution >= 0.6 is 11.3 Å². The number of hydrogen-bond acceptors (Lipinski definition) is 4. The summed E-state index contributed by atoms with van der Waals surface area (Å²) in [5.74, 6) is -1.08. The van der Waals surface area contributed by atoms with Crippen molar-refractivity contribution < 1.29 is 18.3 Å². The second-order valence-electron chi connectivity index (χ2n) is 4.54. The van der Waals surface area contributed by atoms with E-state index in [0.29, 0.717) is 0 Å². The summed E-state index contributed by atoms with van der Waals surface area (Å²) in [4.78, 5) is 11.8. The fraction of sp³-hybridized carbons (Fsp3) is 0.214. The van der Waals surface area contributed by atoms with E-state index in [1.807, 2.05) is 24.4 Å². The molecule has 0 aliphatic rings. The molecule has 7 heteroatoms. The first-order valence-electron chi connectivity index (χ1n) is 6.19. The van der Waals surface area contributed by atoms with Crippen molar-refractivity contribution in [3.05, 3.63) is 52.2 Å². The molecule has 112 valence electrons. The second kappa shape index (κ2) is 5.97. The highest BCUT2D eigenvalue weighted by Crippen LogP contribution is 2.28. The van der Waals surface area contributed by atoms with Crippen LogP contribution in [0.4, 0.5) is 0 Å². The lowest BCUT2D eigenvalue weighted by molar-refractivity contribution is 0.0696. The summed E-state index contributed by atoms with van der Waals surface area (Å²) in [6, 6.07) is 8.69. The highest BCUT2D eigenvalue weighted by Gasteiger charge is 2.26. The van der Waals surface area contributed by atoms with Crippen molar-refractivity contribution in [2.24, 2.45) is 0 Å². The van der Waals surface area contributed by atoms with E-state index in [4.69, 9.17) is 5.11 Å². The average Bonchev–Trinajstić information content (AvgIpc) is 3.00. The lowest BCUT2D eigenvalue weighted by atomic mass is 10.2. The summed E-state index contributed by atoms with van der Waals surface area (Å²) in [6.45, 7) is 1.81. The van der Waals surface area contributed by atoms with E-state index in [1.54, 1.807) is 0 Å². The average molecular weight is 325 g/mol. The largest absolute Gasteiger partial charge is 0.478 e. The molecule has 0 unspecified atom stereocenters. The number of benzene rings is 1. The molecule has 1 aromatic heterocycles. The maximum Gasteiger partial charge on any atom is 0.335 e. The summed E-state index contributed by atoms with van der Waals surface area (Å²) < 4.78 is 26.4. The SMILES string of the molecule is C[C@@H](c1cccs1)N(C)S(=O)(=O)c1ccc(C(=O)O)cc1. The van der Waals surface area contributed by atoms with Crippen LogP contribution in [-0.2, 0) is 10.0 Å². The number of carboxylic acids is 1. The molecule has 0 aliphatic carbocycles. The topological polar surface area (TPSA) is 74.7 Å². The Bertz CT molecular complexity index is 721. The number of aromatic carboxylic acids is 1. The van der Waals surface area contributed by atoms with Crippen molar-refractivity contribution in [2.45, 2.75) is 17.9 Å². The maximum atomic E-state index is 12.5. The van der Waals surface area contributed by atoms with Gasteiger partial charge < -0.3 is 5.11 Å². The van der Waals surface area contributed by atoms with Crippen LogP contribution in [0, 0.1) is 0 Å². The van der Waals surface area contributed by atoms with Gasteiger partial charge in [0.05, 0.1) is 16.5 Å². The summed E-state index contributed by atoms with van der Waals surface area (Å²) in [6.07, 6.45) is 0. The van der Waals surface area contributed by atoms with Gasteiger partial charge >= 0.3 is 5.97 Å². The minimum absolute atomic E-state index is 0.0582. The molecule has 1 heterocycles. The van der Waals surface area contributed by atoms with Gasteiger partial charge in [-0.1, -0.05) is 6.07 Å². The van der Waals surface area contributed by atoms with Gasteiger partial charge in [-0.3, -0.25) is 0 Å². The molecule has 1 N–H and O–H groups in total. The van der Waals surface area contributed by atoms with Crippen molar-refractivity contribution in [1.29, 1.82) is 0 Å². The number of sulfonamides is 1. The number of nitrogens with zero attached hydrogens (tertiary/aromatic N) is 1. The van der Waals surface area contributed by atoms with Crippen LogP contribution < -0.4 is 0 Å². The predicted molar refractivity (Wildman–Crippen MR) is 81.1 cm³/mol. The van der Waals surface area contributed by atoms with Crippen LogP contribution in [-0.4, -0.2) is 30.8 Å². The minimum Gasteiger partial charge on any atom is -0.478 e. The first-order chi connectivity index (χ1) is 9.84. The normalized spacial score (nSPS) is 13.3. The van der Waals surface area contributed by atoms with E-state index in [1.165, 1.54) is 47.0 Å². The minimum atomic E-state index is -3.66. The van der Waals surface area contributed by atoms with Gasteiger partial charge in [0, 0.05) is 11.9 Å². The van der Waals surface area contributed by atoms with Gasteiger partial charge in [0.25, 0.3) is 0 Å². The fourth-order valence-electron chi connectivity index (χ4n) is 1.85. The van der Waals surface area contributed by atoms with E-state index in [2.05, 4.69) is 0 Å². The Morgan fingerprint density at radius 1 is 1.24 bits per heavy atom. The van der Waals surface area contributed by atoms with Crippen LogP contribution in [0.25, 0.3) is 0 Å². The molecular formula is C14H15NO4S2. The predicted octanol–water partition coefficient (Wildman–Crippen LogP) is 2.83. The Hall–Kier alpha value is -1.70. The second-order valence-corrected chi connectivity index (χ2v) is 7.52. The van der Waals surface area contributed by atoms with Gasteiger partial charge in [0.1, 0.15) is 0 Å². The van der Waals surface area contributed by atoms with Gasteiger partial charge in [-0.05, 0) is 42.6 Å². The zero-order chi connectivity index (χ0) is 15.6. The third kappa shape index (κ3) is 3.15. The number of rotatable bonds is 5. The first kappa shape index (κ1) is 15.7. The van der Waals surface area contributed by atoms with Crippen LogP contribution in [0.5, 0.6) is 0 Å². The van der Waals surface area contributed by atoms with Crippen molar-refractivity contribution in [1.82, 2.24) is 4.31 Å². The molecular weight excluding hydrogens is 310 g/mol. The summed E-state index contributed by atoms with van der Waals surface area (Å²) >= 11 is 1.49. The van der Waals surface area contributed by atoms with Gasteiger partial charge in [-0.25, -0.2) is 13.2 Å². The van der Waals surface area contributed by atoms with Crippen LogP contribution in [0.2, 0.25) is 0 Å². The fourth-order valence-corrected chi connectivity index (χ4v) is 4.09. The molecule has 1 aromatic carbocycles. The molecule has 0 amide bonds. The molecule has 1 atom stereocenters. The summed E-state index contributed by atoms with van der Waals surface area (Å²) in [5, 5.41) is 10.7. The highest BCUT2D eigenvalue weighted by molar-refractivity contribution is 7.89. The molecule has 0 radical (unpaired) electrons. The van der Waals surface area contributed by atoms with Gasteiger partial charge in [-0.15, -0.1) is 11.3 Å². The molecule has 0 spiro atoms. The Balaban J connectivity index is 2.30. The van der Waals surface area contributed by atoms with Crippen LogP contribution in [0.15, 0.2) is 46.7 Å². The van der Waals surface area contributed by atoms with E-state index in [0.717, 1.165) is 4.88 Å². The summed E-state index contributed by atoms with van der Waals surface area (Å²) in [5.41, 5.74) is 0.0582. The van der Waals surface area contributed by atoms with Crippen LogP contribution in [0.1, 0.15) is 28.2 Å². The van der Waals surface area contributed by atoms with Crippen molar-refractivity contribution >= 4 is 27.3 Å². The lowest BCUT2D eigenvalue weighted by Gasteiger charge is -2.23. The quantitative estimate of drug-likeness (QED) is 0.917. The van der Waals surface area contributed by atoms with Crippen molar-refractivity contribution in [3.8, 4) is 0 Å². The van der Waals surface area contributed by atoms with E-state index in [9.17, 15) is 13.2 Å². The third-order valence-corrected chi connectivity index (χ3v) is 6.26. The van der Waals surface area contributed by atoms with Crippen molar-refractivity contribution in [3.63, 3.8) is 0 Å². The third-order valence-electron chi connectivity index (χ3n) is 3.28. The Morgan fingerprint density at radius 2 is 1.86 bits per heavy atom. The smallest absolute Gasteiger partial charge is 0.335 e. The standard InChI is InChI=1S/C14H15NO4S2/c1-10(13-4-3-9-20-13)15(2)21(18,19)12-7-5-11(6-8-12)14(16)17/h3-10H,1-2H3,(H,16,17)/t10-/m0/s1. The van der Waals surface area contributed by atoms with E-state index < -0.39 is 16.0 Å². The maximum absolute atomic E-state index is 12.5. The van der Waals surface area contributed by atoms with Crippen molar-refractivity contribution in [2.75, 3.05) is 7.05 Å². The van der Waals surface area contributed by atoms with E-state index in [-0.39, 0.29) is 16.5 Å².